The number of para-hydroxylation sites is 1. The predicted octanol–water partition coefficient (Wildman–Crippen LogP) is 3.48. The lowest BCUT2D eigenvalue weighted by atomic mass is 10.0. The van der Waals surface area contributed by atoms with E-state index in [1.54, 1.807) is 6.07 Å². The van der Waals surface area contributed by atoms with Gasteiger partial charge in [-0.2, -0.15) is 0 Å². The van der Waals surface area contributed by atoms with Gasteiger partial charge in [-0.05, 0) is 31.9 Å². The van der Waals surface area contributed by atoms with Crippen molar-refractivity contribution in [1.82, 2.24) is 15.4 Å². The van der Waals surface area contributed by atoms with Crippen LogP contribution in [0, 0.1) is 6.92 Å². The van der Waals surface area contributed by atoms with Crippen molar-refractivity contribution in [3.63, 3.8) is 0 Å². The van der Waals surface area contributed by atoms with Crippen LogP contribution in [0.2, 0.25) is 0 Å². The molecule has 1 aliphatic rings. The molecule has 7 heteroatoms. The second-order valence-electron chi connectivity index (χ2n) is 7.88. The molecule has 160 valence electrons. The van der Waals surface area contributed by atoms with E-state index in [0.717, 1.165) is 42.7 Å². The second kappa shape index (κ2) is 9.57. The van der Waals surface area contributed by atoms with Gasteiger partial charge in [0.05, 0.1) is 6.54 Å². The number of hydrogen-bond acceptors (Lipinski definition) is 5. The van der Waals surface area contributed by atoms with Gasteiger partial charge in [-0.25, -0.2) is 0 Å². The molecule has 0 unspecified atom stereocenters. The largest absolute Gasteiger partial charge is 0.350 e. The van der Waals surface area contributed by atoms with Gasteiger partial charge in [0.15, 0.2) is 0 Å². The van der Waals surface area contributed by atoms with E-state index in [9.17, 15) is 9.59 Å². The first-order chi connectivity index (χ1) is 15.1. The van der Waals surface area contributed by atoms with Gasteiger partial charge >= 0.3 is 0 Å². The highest BCUT2D eigenvalue weighted by atomic mass is 16.5. The molecular weight excluding hydrogens is 392 g/mol. The van der Waals surface area contributed by atoms with Crippen LogP contribution in [0.5, 0.6) is 0 Å². The van der Waals surface area contributed by atoms with Crippen LogP contribution in [0.1, 0.15) is 29.0 Å². The number of aryl methyl sites for hydroxylation is 1. The standard InChI is InChI=1S/C24H26N4O3/c1-17-7-9-18(10-8-17)21-15-22(31-27-21)24(30)26-20-11-13-28(14-12-20)16-23(29)25-19-5-3-2-4-6-19/h2-10,15,20H,11-14,16H2,1H3,(H,25,29)(H,26,30). The molecule has 4 rings (SSSR count). The highest BCUT2D eigenvalue weighted by molar-refractivity contribution is 5.93. The summed E-state index contributed by atoms with van der Waals surface area (Å²) in [5, 5.41) is 9.95. The number of piperidine rings is 1. The van der Waals surface area contributed by atoms with Gasteiger partial charge in [-0.1, -0.05) is 53.2 Å². The minimum absolute atomic E-state index is 0.0287. The van der Waals surface area contributed by atoms with Crippen molar-refractivity contribution < 1.29 is 14.1 Å². The Hall–Kier alpha value is -3.45. The summed E-state index contributed by atoms with van der Waals surface area (Å²) >= 11 is 0. The number of hydrogen-bond donors (Lipinski definition) is 2. The highest BCUT2D eigenvalue weighted by Gasteiger charge is 2.24. The highest BCUT2D eigenvalue weighted by Crippen LogP contribution is 2.20. The molecule has 0 spiro atoms. The first kappa shape index (κ1) is 20.8. The van der Waals surface area contributed by atoms with E-state index in [4.69, 9.17) is 4.52 Å². The fraction of sp³-hybridized carbons (Fsp3) is 0.292. The number of likely N-dealkylation sites (tertiary alicyclic amines) is 1. The molecule has 2 aromatic carbocycles. The van der Waals surface area contributed by atoms with E-state index in [-0.39, 0.29) is 23.6 Å². The molecule has 1 aromatic heterocycles. The summed E-state index contributed by atoms with van der Waals surface area (Å²) < 4.78 is 5.26. The molecule has 31 heavy (non-hydrogen) atoms. The Morgan fingerprint density at radius 1 is 1.06 bits per heavy atom. The Balaban J connectivity index is 1.24. The fourth-order valence-corrected chi connectivity index (χ4v) is 3.66. The number of aromatic nitrogens is 1. The van der Waals surface area contributed by atoms with E-state index in [0.29, 0.717) is 12.2 Å². The minimum Gasteiger partial charge on any atom is -0.350 e. The van der Waals surface area contributed by atoms with Gasteiger partial charge in [0.2, 0.25) is 11.7 Å². The summed E-state index contributed by atoms with van der Waals surface area (Å²) in [6, 6.07) is 19.1. The molecule has 1 aliphatic heterocycles. The molecule has 2 amide bonds. The number of nitrogens with zero attached hydrogens (tertiary/aromatic N) is 2. The maximum absolute atomic E-state index is 12.6. The van der Waals surface area contributed by atoms with Crippen LogP contribution < -0.4 is 10.6 Å². The van der Waals surface area contributed by atoms with E-state index >= 15 is 0 Å². The monoisotopic (exact) mass is 418 g/mol. The fourth-order valence-electron chi connectivity index (χ4n) is 3.66. The Labute approximate surface area is 181 Å². The summed E-state index contributed by atoms with van der Waals surface area (Å²) in [5.74, 6) is -0.0784. The van der Waals surface area contributed by atoms with Crippen LogP contribution in [0.4, 0.5) is 5.69 Å². The van der Waals surface area contributed by atoms with Crippen LogP contribution in [-0.4, -0.2) is 47.5 Å². The first-order valence-electron chi connectivity index (χ1n) is 10.5. The Kier molecular flexibility index (Phi) is 6.43. The Bertz CT molecular complexity index is 1020. The Morgan fingerprint density at radius 3 is 2.48 bits per heavy atom. The van der Waals surface area contributed by atoms with E-state index in [1.165, 1.54) is 0 Å². The number of rotatable bonds is 6. The average Bonchev–Trinajstić information content (AvgIpc) is 3.27. The van der Waals surface area contributed by atoms with Crippen LogP contribution in [-0.2, 0) is 4.79 Å². The molecule has 2 heterocycles. The summed E-state index contributed by atoms with van der Waals surface area (Å²) in [6.07, 6.45) is 1.56. The van der Waals surface area contributed by atoms with Gasteiger partial charge in [-0.15, -0.1) is 0 Å². The van der Waals surface area contributed by atoms with Crippen molar-refractivity contribution in [2.45, 2.75) is 25.8 Å². The lowest BCUT2D eigenvalue weighted by molar-refractivity contribution is -0.117. The van der Waals surface area contributed by atoms with Gasteiger partial charge in [0, 0.05) is 36.4 Å². The summed E-state index contributed by atoms with van der Waals surface area (Å²) in [7, 11) is 0. The molecule has 3 aromatic rings. The minimum atomic E-state index is -0.258. The first-order valence-corrected chi connectivity index (χ1v) is 10.5. The molecule has 0 aliphatic carbocycles. The zero-order valence-corrected chi connectivity index (χ0v) is 17.5. The lowest BCUT2D eigenvalue weighted by Crippen LogP contribution is -2.46. The van der Waals surface area contributed by atoms with Gasteiger partial charge in [0.1, 0.15) is 5.69 Å². The topological polar surface area (TPSA) is 87.5 Å². The number of carbonyl (C=O) groups is 2. The third kappa shape index (κ3) is 5.58. The molecule has 1 fully saturated rings. The quantitative estimate of drug-likeness (QED) is 0.640. The van der Waals surface area contributed by atoms with Gasteiger partial charge in [0.25, 0.3) is 5.91 Å². The zero-order chi connectivity index (χ0) is 21.6. The summed E-state index contributed by atoms with van der Waals surface area (Å²) in [6.45, 7) is 3.86. The van der Waals surface area contributed by atoms with Gasteiger partial charge < -0.3 is 15.2 Å². The second-order valence-corrected chi connectivity index (χ2v) is 7.88. The van der Waals surface area contributed by atoms with Gasteiger partial charge in [-0.3, -0.25) is 14.5 Å². The lowest BCUT2D eigenvalue weighted by Gasteiger charge is -2.31. The number of carbonyl (C=O) groups excluding carboxylic acids is 2. The number of benzene rings is 2. The maximum Gasteiger partial charge on any atom is 0.290 e. The van der Waals surface area contributed by atoms with Crippen molar-refractivity contribution in [2.75, 3.05) is 25.0 Å². The molecule has 0 atom stereocenters. The summed E-state index contributed by atoms with van der Waals surface area (Å²) in [5.41, 5.74) is 3.51. The smallest absolute Gasteiger partial charge is 0.290 e. The van der Waals surface area contributed by atoms with Crippen LogP contribution in [0.3, 0.4) is 0 Å². The average molecular weight is 418 g/mol. The zero-order valence-electron chi connectivity index (χ0n) is 17.5. The van der Waals surface area contributed by atoms with Crippen molar-refractivity contribution in [3.05, 3.63) is 72.0 Å². The number of anilines is 1. The normalized spacial score (nSPS) is 14.9. The molecule has 7 nitrogen and oxygen atoms in total. The predicted molar refractivity (Wildman–Crippen MR) is 119 cm³/mol. The molecule has 1 saturated heterocycles. The van der Waals surface area contributed by atoms with Crippen LogP contribution >= 0.6 is 0 Å². The number of amides is 2. The molecule has 0 saturated carbocycles. The third-order valence-electron chi connectivity index (χ3n) is 5.43. The molecular formula is C24H26N4O3. The van der Waals surface area contributed by atoms with Crippen molar-refractivity contribution in [1.29, 1.82) is 0 Å². The SMILES string of the molecule is Cc1ccc(-c2cc(C(=O)NC3CCN(CC(=O)Nc4ccccc4)CC3)on2)cc1. The van der Waals surface area contributed by atoms with E-state index < -0.39 is 0 Å². The van der Waals surface area contributed by atoms with Crippen molar-refractivity contribution >= 4 is 17.5 Å². The molecule has 0 radical (unpaired) electrons. The summed E-state index contributed by atoms with van der Waals surface area (Å²) in [4.78, 5) is 26.9. The van der Waals surface area contributed by atoms with Crippen LogP contribution in [0.25, 0.3) is 11.3 Å². The van der Waals surface area contributed by atoms with Crippen molar-refractivity contribution in [2.24, 2.45) is 0 Å². The van der Waals surface area contributed by atoms with Crippen LogP contribution in [0.15, 0.2) is 65.2 Å². The molecule has 0 bridgehead atoms. The molecule has 2 N–H and O–H groups in total. The van der Waals surface area contributed by atoms with E-state index in [2.05, 4.69) is 20.7 Å². The Morgan fingerprint density at radius 2 is 1.77 bits per heavy atom. The van der Waals surface area contributed by atoms with E-state index in [1.807, 2.05) is 61.5 Å². The maximum atomic E-state index is 12.6. The third-order valence-corrected chi connectivity index (χ3v) is 5.43. The van der Waals surface area contributed by atoms with Crippen molar-refractivity contribution in [3.8, 4) is 11.3 Å². The number of nitrogens with one attached hydrogen (secondary N) is 2.